The van der Waals surface area contributed by atoms with Crippen LogP contribution in [0.25, 0.3) is 0 Å². The summed E-state index contributed by atoms with van der Waals surface area (Å²) in [4.78, 5) is 24.3. The molecule has 1 aliphatic heterocycles. The molecular weight excluding hydrogens is 389 g/mol. The minimum atomic E-state index is -0.451. The SMILES string of the molecule is Cc1ccc(CNC(=O)CSC2=C(C#N)[C@@H](c3ccc(F)cc3)CC(=O)N2)cc1. The van der Waals surface area contributed by atoms with Gasteiger partial charge in [0.1, 0.15) is 5.82 Å². The summed E-state index contributed by atoms with van der Waals surface area (Å²) in [6.45, 7) is 2.41. The maximum absolute atomic E-state index is 13.2. The van der Waals surface area contributed by atoms with E-state index in [1.54, 1.807) is 12.1 Å². The summed E-state index contributed by atoms with van der Waals surface area (Å²) in [5.74, 6) is -1.19. The van der Waals surface area contributed by atoms with E-state index in [1.165, 1.54) is 12.1 Å². The second-order valence-corrected chi connectivity index (χ2v) is 7.75. The van der Waals surface area contributed by atoms with Gasteiger partial charge in [-0.2, -0.15) is 5.26 Å². The van der Waals surface area contributed by atoms with Gasteiger partial charge in [0.05, 0.1) is 22.4 Å². The van der Waals surface area contributed by atoms with E-state index >= 15 is 0 Å². The molecule has 0 bridgehead atoms. The third kappa shape index (κ3) is 5.46. The Morgan fingerprint density at radius 2 is 1.93 bits per heavy atom. The third-order valence-corrected chi connectivity index (χ3v) is 5.60. The number of halogens is 1. The summed E-state index contributed by atoms with van der Waals surface area (Å²) in [7, 11) is 0. The number of carbonyl (C=O) groups is 2. The number of nitrogens with zero attached hydrogens (tertiary/aromatic N) is 1. The number of amides is 2. The molecule has 5 nitrogen and oxygen atoms in total. The van der Waals surface area contributed by atoms with Crippen molar-refractivity contribution in [1.29, 1.82) is 5.26 Å². The summed E-state index contributed by atoms with van der Waals surface area (Å²) >= 11 is 1.12. The van der Waals surface area contributed by atoms with Crippen molar-refractivity contribution in [2.45, 2.75) is 25.8 Å². The molecule has 1 atom stereocenters. The van der Waals surface area contributed by atoms with Crippen LogP contribution < -0.4 is 10.6 Å². The van der Waals surface area contributed by atoms with Gasteiger partial charge in [-0.25, -0.2) is 4.39 Å². The highest BCUT2D eigenvalue weighted by atomic mass is 32.2. The van der Waals surface area contributed by atoms with Gasteiger partial charge < -0.3 is 10.6 Å². The van der Waals surface area contributed by atoms with Gasteiger partial charge in [0.2, 0.25) is 11.8 Å². The van der Waals surface area contributed by atoms with Crippen LogP contribution in [-0.2, 0) is 16.1 Å². The zero-order chi connectivity index (χ0) is 20.8. The monoisotopic (exact) mass is 409 g/mol. The second kappa shape index (κ2) is 9.39. The zero-order valence-corrected chi connectivity index (χ0v) is 16.7. The minimum Gasteiger partial charge on any atom is -0.351 e. The smallest absolute Gasteiger partial charge is 0.230 e. The van der Waals surface area contributed by atoms with Crippen molar-refractivity contribution in [3.05, 3.63) is 81.6 Å². The Morgan fingerprint density at radius 1 is 1.24 bits per heavy atom. The lowest BCUT2D eigenvalue weighted by atomic mass is 9.87. The topological polar surface area (TPSA) is 82.0 Å². The van der Waals surface area contributed by atoms with Crippen molar-refractivity contribution in [2.24, 2.45) is 0 Å². The van der Waals surface area contributed by atoms with E-state index in [9.17, 15) is 19.2 Å². The molecule has 0 aromatic heterocycles. The Bertz CT molecular complexity index is 979. The van der Waals surface area contributed by atoms with Crippen LogP contribution in [0.1, 0.15) is 29.0 Å². The van der Waals surface area contributed by atoms with Gasteiger partial charge in [0.25, 0.3) is 0 Å². The lowest BCUT2D eigenvalue weighted by molar-refractivity contribution is -0.121. The number of carbonyl (C=O) groups excluding carboxylic acids is 2. The first-order valence-electron chi connectivity index (χ1n) is 9.11. The molecule has 0 aliphatic carbocycles. The standard InChI is InChI=1S/C22H20FN3O2S/c1-14-2-4-15(5-3-14)12-25-21(28)13-29-22-19(11-24)18(10-20(27)26-22)16-6-8-17(23)9-7-16/h2-9,18H,10,12-13H2,1H3,(H,25,28)(H,26,27)/t18-/m1/s1. The maximum atomic E-state index is 13.2. The molecule has 2 aromatic rings. The van der Waals surface area contributed by atoms with E-state index in [1.807, 2.05) is 31.2 Å². The first kappa shape index (κ1) is 20.6. The lowest BCUT2D eigenvalue weighted by Gasteiger charge is -2.25. The summed E-state index contributed by atoms with van der Waals surface area (Å²) in [6.07, 6.45) is 0.109. The van der Waals surface area contributed by atoms with Crippen LogP contribution in [-0.4, -0.2) is 17.6 Å². The van der Waals surface area contributed by atoms with Crippen molar-refractivity contribution in [3.8, 4) is 6.07 Å². The molecule has 29 heavy (non-hydrogen) atoms. The number of benzene rings is 2. The van der Waals surface area contributed by atoms with E-state index in [2.05, 4.69) is 16.7 Å². The van der Waals surface area contributed by atoms with Crippen molar-refractivity contribution >= 4 is 23.6 Å². The predicted molar refractivity (Wildman–Crippen MR) is 110 cm³/mol. The summed E-state index contributed by atoms with van der Waals surface area (Å²) in [6, 6.07) is 15.8. The molecule has 3 rings (SSSR count). The van der Waals surface area contributed by atoms with Crippen molar-refractivity contribution in [2.75, 3.05) is 5.75 Å². The fourth-order valence-corrected chi connectivity index (χ4v) is 3.92. The number of rotatable bonds is 6. The number of hydrogen-bond acceptors (Lipinski definition) is 4. The predicted octanol–water partition coefficient (Wildman–Crippen LogP) is 3.52. The van der Waals surface area contributed by atoms with E-state index in [4.69, 9.17) is 0 Å². The Hall–Kier alpha value is -3.11. The Morgan fingerprint density at radius 3 is 2.59 bits per heavy atom. The molecule has 1 aliphatic rings. The zero-order valence-electron chi connectivity index (χ0n) is 15.9. The quantitative estimate of drug-likeness (QED) is 0.765. The fraction of sp³-hybridized carbons (Fsp3) is 0.227. The molecule has 0 fully saturated rings. The Kier molecular flexibility index (Phi) is 6.68. The van der Waals surface area contributed by atoms with E-state index in [0.29, 0.717) is 22.7 Å². The van der Waals surface area contributed by atoms with Crippen LogP contribution >= 0.6 is 11.8 Å². The molecule has 7 heteroatoms. The first-order chi connectivity index (χ1) is 14.0. The maximum Gasteiger partial charge on any atom is 0.230 e. The highest BCUT2D eigenvalue weighted by molar-refractivity contribution is 8.03. The first-order valence-corrected chi connectivity index (χ1v) is 10.1. The number of allylic oxidation sites excluding steroid dienone is 1. The molecule has 0 saturated carbocycles. The van der Waals surface area contributed by atoms with Crippen LogP contribution in [0.2, 0.25) is 0 Å². The average Bonchev–Trinajstić information content (AvgIpc) is 2.72. The van der Waals surface area contributed by atoms with Crippen LogP contribution in [0.15, 0.2) is 59.1 Å². The fourth-order valence-electron chi connectivity index (χ4n) is 3.01. The van der Waals surface area contributed by atoms with Gasteiger partial charge in [-0.15, -0.1) is 0 Å². The van der Waals surface area contributed by atoms with Crippen LogP contribution in [0.5, 0.6) is 0 Å². The number of thioether (sulfide) groups is 1. The average molecular weight is 409 g/mol. The normalized spacial score (nSPS) is 16.2. The highest BCUT2D eigenvalue weighted by Crippen LogP contribution is 2.35. The third-order valence-electron chi connectivity index (χ3n) is 4.59. The number of hydrogen-bond donors (Lipinski definition) is 2. The molecule has 0 spiro atoms. The van der Waals surface area contributed by atoms with Crippen molar-refractivity contribution < 1.29 is 14.0 Å². The second-order valence-electron chi connectivity index (χ2n) is 6.76. The molecule has 148 valence electrons. The lowest BCUT2D eigenvalue weighted by Crippen LogP contribution is -2.32. The summed E-state index contributed by atoms with van der Waals surface area (Å²) in [5, 5.41) is 15.5. The van der Waals surface area contributed by atoms with Crippen molar-refractivity contribution in [3.63, 3.8) is 0 Å². The molecule has 0 unspecified atom stereocenters. The minimum absolute atomic E-state index is 0.0722. The van der Waals surface area contributed by atoms with E-state index < -0.39 is 5.92 Å². The number of nitrogens with one attached hydrogen (secondary N) is 2. The van der Waals surface area contributed by atoms with Crippen LogP contribution in [0, 0.1) is 24.1 Å². The Balaban J connectivity index is 1.66. The molecule has 0 saturated heterocycles. The number of nitriles is 1. The summed E-state index contributed by atoms with van der Waals surface area (Å²) in [5.41, 5.74) is 3.22. The van der Waals surface area contributed by atoms with Gasteiger partial charge in [0.15, 0.2) is 0 Å². The van der Waals surface area contributed by atoms with Gasteiger partial charge in [0, 0.05) is 18.9 Å². The van der Waals surface area contributed by atoms with Crippen LogP contribution in [0.3, 0.4) is 0 Å². The molecule has 2 aromatic carbocycles. The molecule has 1 heterocycles. The largest absolute Gasteiger partial charge is 0.351 e. The number of aryl methyl sites for hydroxylation is 1. The Labute approximate surface area is 173 Å². The highest BCUT2D eigenvalue weighted by Gasteiger charge is 2.29. The molecule has 2 amide bonds. The van der Waals surface area contributed by atoms with E-state index in [0.717, 1.165) is 22.9 Å². The van der Waals surface area contributed by atoms with E-state index in [-0.39, 0.29) is 29.8 Å². The summed E-state index contributed by atoms with van der Waals surface area (Å²) < 4.78 is 13.2. The van der Waals surface area contributed by atoms with Crippen molar-refractivity contribution in [1.82, 2.24) is 10.6 Å². The molecule has 0 radical (unpaired) electrons. The van der Waals surface area contributed by atoms with Gasteiger partial charge in [-0.1, -0.05) is 53.7 Å². The van der Waals surface area contributed by atoms with Gasteiger partial charge >= 0.3 is 0 Å². The van der Waals surface area contributed by atoms with Crippen LogP contribution in [0.4, 0.5) is 4.39 Å². The molecular formula is C22H20FN3O2S. The molecule has 2 N–H and O–H groups in total. The van der Waals surface area contributed by atoms with Gasteiger partial charge in [-0.05, 0) is 30.2 Å². The van der Waals surface area contributed by atoms with Gasteiger partial charge in [-0.3, -0.25) is 9.59 Å².